The van der Waals surface area contributed by atoms with Crippen molar-refractivity contribution in [1.29, 1.82) is 0 Å². The number of azo groups is 2. The van der Waals surface area contributed by atoms with Crippen LogP contribution in [0.25, 0.3) is 0 Å². The van der Waals surface area contributed by atoms with Gasteiger partial charge in [0.2, 0.25) is 0 Å². The lowest BCUT2D eigenvalue weighted by Gasteiger charge is -1.98. The Balaban J connectivity index is 0.000000735. The van der Waals surface area contributed by atoms with Gasteiger partial charge in [-0.3, -0.25) is 0 Å². The molecule has 0 N–H and O–H groups in total. The third kappa shape index (κ3) is 2.22. The predicted octanol–water partition coefficient (Wildman–Crippen LogP) is -2.90. The molecule has 3 heterocycles. The van der Waals surface area contributed by atoms with Crippen LogP contribution >= 0.6 is 11.6 Å². The van der Waals surface area contributed by atoms with Gasteiger partial charge in [-0.2, -0.15) is 4.58 Å². The highest BCUT2D eigenvalue weighted by molar-refractivity contribution is 6.32. The first-order chi connectivity index (χ1) is 8.84. The van der Waals surface area contributed by atoms with Crippen molar-refractivity contribution in [1.82, 2.24) is 0 Å². The Morgan fingerprint density at radius 3 is 2.75 bits per heavy atom. The second-order valence-electron chi connectivity index (χ2n) is 4.68. The fourth-order valence-corrected chi connectivity index (χ4v) is 3.02. The first-order valence-electron chi connectivity index (χ1n) is 6.08. The van der Waals surface area contributed by atoms with Crippen LogP contribution in [0.2, 0.25) is 5.02 Å². The summed E-state index contributed by atoms with van der Waals surface area (Å²) in [4.78, 5) is 0. The van der Waals surface area contributed by atoms with Gasteiger partial charge in [0.05, 0.1) is 6.42 Å². The summed E-state index contributed by atoms with van der Waals surface area (Å²) < 4.78 is 4.32. The standard InChI is InChI=1S/C14H12ClN3.2BrH/c15-11-4-1-2-5-12(11)18-14-10(8-16-18)9-17-7-3-6-13(14)17;;/h1-5,7H,6,8-9H2;2*1H/q+2;;/p-2. The highest BCUT2D eigenvalue weighted by Gasteiger charge is 2.46. The highest BCUT2D eigenvalue weighted by atomic mass is 79.9. The molecule has 0 fully saturated rings. The summed E-state index contributed by atoms with van der Waals surface area (Å²) >= 11 is 6.27. The lowest BCUT2D eigenvalue weighted by Crippen LogP contribution is -3.00. The molecule has 0 atom stereocenters. The third-order valence-electron chi connectivity index (χ3n) is 3.61. The molecule has 20 heavy (non-hydrogen) atoms. The summed E-state index contributed by atoms with van der Waals surface area (Å²) in [5, 5.41) is 5.36. The van der Waals surface area contributed by atoms with Gasteiger partial charge >= 0.3 is 5.70 Å². The summed E-state index contributed by atoms with van der Waals surface area (Å²) in [7, 11) is 0. The molecule has 6 heteroatoms. The Kier molecular flexibility index (Phi) is 4.62. The lowest BCUT2D eigenvalue weighted by molar-refractivity contribution is -0.464. The van der Waals surface area contributed by atoms with E-state index in [-0.39, 0.29) is 34.0 Å². The van der Waals surface area contributed by atoms with Crippen molar-refractivity contribution in [3.63, 3.8) is 0 Å². The molecule has 0 aliphatic carbocycles. The second-order valence-corrected chi connectivity index (χ2v) is 5.09. The zero-order chi connectivity index (χ0) is 12.1. The van der Waals surface area contributed by atoms with Crippen molar-refractivity contribution in [3.05, 3.63) is 52.8 Å². The van der Waals surface area contributed by atoms with E-state index in [0.717, 1.165) is 30.2 Å². The quantitative estimate of drug-likeness (QED) is 0.437. The molecule has 104 valence electrons. The van der Waals surface area contributed by atoms with E-state index in [9.17, 15) is 0 Å². The molecule has 3 aliphatic heterocycles. The van der Waals surface area contributed by atoms with E-state index in [4.69, 9.17) is 11.6 Å². The summed E-state index contributed by atoms with van der Waals surface area (Å²) in [6.45, 7) is 1.76. The maximum Gasteiger partial charge on any atom is 0.312 e. The average Bonchev–Trinajstić information content (AvgIpc) is 3.00. The van der Waals surface area contributed by atoms with Crippen LogP contribution in [-0.2, 0) is 0 Å². The summed E-state index contributed by atoms with van der Waals surface area (Å²) in [6.07, 6.45) is 5.36. The summed E-state index contributed by atoms with van der Waals surface area (Å²) in [6, 6.07) is 7.88. The number of hydrogen-bond donors (Lipinski definition) is 0. The van der Waals surface area contributed by atoms with E-state index < -0.39 is 0 Å². The number of para-hydroxylation sites is 1. The van der Waals surface area contributed by atoms with E-state index in [2.05, 4.69) is 22.0 Å². The minimum Gasteiger partial charge on any atom is -1.00 e. The molecule has 0 amide bonds. The van der Waals surface area contributed by atoms with Gasteiger partial charge in [0, 0.05) is 6.07 Å². The van der Waals surface area contributed by atoms with E-state index in [1.54, 1.807) is 0 Å². The van der Waals surface area contributed by atoms with Gasteiger partial charge in [-0.05, 0) is 22.0 Å². The number of hydrogen-bond acceptors (Lipinski definition) is 1. The maximum absolute atomic E-state index is 6.27. The van der Waals surface area contributed by atoms with Crippen LogP contribution in [0.15, 0.2) is 52.9 Å². The molecule has 4 rings (SSSR count). The van der Waals surface area contributed by atoms with Gasteiger partial charge in [-0.25, -0.2) is 0 Å². The van der Waals surface area contributed by atoms with Crippen molar-refractivity contribution in [3.8, 4) is 0 Å². The molecule has 0 saturated heterocycles. The predicted molar refractivity (Wildman–Crippen MR) is 69.6 cm³/mol. The molecular formula is C14H12Br2ClN3. The van der Waals surface area contributed by atoms with Crippen molar-refractivity contribution in [2.75, 3.05) is 13.1 Å². The van der Waals surface area contributed by atoms with Gasteiger partial charge in [0.1, 0.15) is 17.1 Å². The van der Waals surface area contributed by atoms with E-state index >= 15 is 0 Å². The van der Waals surface area contributed by atoms with E-state index in [0.29, 0.717) is 0 Å². The molecule has 0 aromatic heterocycles. The largest absolute Gasteiger partial charge is 1.00 e. The first kappa shape index (κ1) is 15.6. The molecule has 0 radical (unpaired) electrons. The first-order valence-corrected chi connectivity index (χ1v) is 6.46. The summed E-state index contributed by atoms with van der Waals surface area (Å²) in [5.74, 6) is 0. The topological polar surface area (TPSA) is 18.4 Å². The van der Waals surface area contributed by atoms with Crippen LogP contribution in [0.3, 0.4) is 0 Å². The van der Waals surface area contributed by atoms with E-state index in [1.807, 2.05) is 29.0 Å². The lowest BCUT2D eigenvalue weighted by atomic mass is 10.1. The van der Waals surface area contributed by atoms with Gasteiger partial charge in [-0.1, -0.05) is 23.7 Å². The second kappa shape index (κ2) is 5.92. The van der Waals surface area contributed by atoms with E-state index in [1.165, 1.54) is 17.0 Å². The van der Waals surface area contributed by atoms with Crippen molar-refractivity contribution >= 4 is 23.0 Å². The zero-order valence-electron chi connectivity index (χ0n) is 10.6. The number of allylic oxidation sites excluding steroid dienone is 2. The monoisotopic (exact) mass is 415 g/mol. The Morgan fingerprint density at radius 1 is 1.15 bits per heavy atom. The van der Waals surface area contributed by atoms with Crippen LogP contribution in [0.5, 0.6) is 0 Å². The van der Waals surface area contributed by atoms with Crippen LogP contribution in [0.4, 0.5) is 5.69 Å². The molecule has 3 aliphatic rings. The number of benzene rings is 1. The summed E-state index contributed by atoms with van der Waals surface area (Å²) in [5.41, 5.74) is 4.99. The highest BCUT2D eigenvalue weighted by Crippen LogP contribution is 2.35. The zero-order valence-corrected chi connectivity index (χ0v) is 14.5. The third-order valence-corrected chi connectivity index (χ3v) is 3.93. The van der Waals surface area contributed by atoms with Gasteiger partial charge in [0.15, 0.2) is 12.7 Å². The number of nitrogens with zero attached hydrogens (tertiary/aromatic N) is 3. The Labute approximate surface area is 143 Å². The maximum atomic E-state index is 6.27. The van der Waals surface area contributed by atoms with Crippen molar-refractivity contribution in [2.45, 2.75) is 6.42 Å². The molecule has 0 unspecified atom stereocenters. The van der Waals surface area contributed by atoms with Gasteiger partial charge in [0.25, 0.3) is 11.4 Å². The fourth-order valence-electron chi connectivity index (χ4n) is 2.81. The molecule has 1 aromatic carbocycles. The molecule has 1 aromatic rings. The van der Waals surface area contributed by atoms with Crippen LogP contribution in [-0.4, -0.2) is 28.1 Å². The fraction of sp³-hybridized carbons (Fsp3) is 0.214. The molecule has 0 bridgehead atoms. The Hall–Kier alpha value is -0.780. The molecule has 0 saturated carbocycles. The van der Waals surface area contributed by atoms with Crippen molar-refractivity contribution in [2.24, 2.45) is 5.11 Å². The Morgan fingerprint density at radius 2 is 1.95 bits per heavy atom. The SMILES string of the molecule is Clc1ccccc1[N+]1=NCC2=C1C1=[N+](C=CC1)C2.[Br-].[Br-]. The van der Waals surface area contributed by atoms with Gasteiger partial charge in [-0.15, -0.1) is 0 Å². The Bertz CT molecular complexity index is 689. The van der Waals surface area contributed by atoms with Crippen molar-refractivity contribution < 1.29 is 43.2 Å². The minimum absolute atomic E-state index is 0. The smallest absolute Gasteiger partial charge is 0.312 e. The van der Waals surface area contributed by atoms with Crippen LogP contribution in [0.1, 0.15) is 6.42 Å². The number of fused-ring (bicyclic) bond motifs is 1. The number of rotatable bonds is 1. The molecular weight excluding hydrogens is 405 g/mol. The number of halogens is 3. The average molecular weight is 418 g/mol. The van der Waals surface area contributed by atoms with Crippen LogP contribution in [0, 0.1) is 0 Å². The normalized spacial score (nSPS) is 18.6. The molecule has 3 nitrogen and oxygen atoms in total. The van der Waals surface area contributed by atoms with Gasteiger partial charge < -0.3 is 34.0 Å². The van der Waals surface area contributed by atoms with Crippen LogP contribution < -0.4 is 34.0 Å². The minimum atomic E-state index is 0. The molecule has 0 spiro atoms.